The summed E-state index contributed by atoms with van der Waals surface area (Å²) in [5.74, 6) is 0.0554. The van der Waals surface area contributed by atoms with Crippen molar-refractivity contribution >= 4 is 23.4 Å². The number of benzene rings is 3. The molecule has 4 aromatic rings. The zero-order chi connectivity index (χ0) is 25.5. The maximum Gasteiger partial charge on any atom is 0.230 e. The number of thioether (sulfide) groups is 1. The molecule has 5 nitrogen and oxygen atoms in total. The second-order valence-corrected chi connectivity index (χ2v) is 9.61. The van der Waals surface area contributed by atoms with Gasteiger partial charge >= 0.3 is 0 Å². The third-order valence-corrected chi connectivity index (χ3v) is 6.85. The molecule has 0 radical (unpaired) electrons. The molecule has 0 aliphatic carbocycles. The van der Waals surface area contributed by atoms with Crippen LogP contribution in [-0.2, 0) is 4.79 Å². The van der Waals surface area contributed by atoms with Gasteiger partial charge < -0.3 is 10.2 Å². The molecular weight excluding hydrogens is 464 g/mol. The summed E-state index contributed by atoms with van der Waals surface area (Å²) in [6.45, 7) is 1.96. The lowest BCUT2D eigenvalue weighted by Crippen LogP contribution is -2.28. The van der Waals surface area contributed by atoms with Gasteiger partial charge in [-0.25, -0.2) is 4.98 Å². The van der Waals surface area contributed by atoms with Gasteiger partial charge in [-0.1, -0.05) is 84.6 Å². The number of anilines is 1. The molecule has 1 amide bonds. The zero-order valence-corrected chi connectivity index (χ0v) is 21.4. The lowest BCUT2D eigenvalue weighted by atomic mass is 9.99. The topological polar surface area (TPSA) is 69.0 Å². The Bertz CT molecular complexity index is 1360. The van der Waals surface area contributed by atoms with Crippen molar-refractivity contribution in [2.45, 2.75) is 18.0 Å². The van der Waals surface area contributed by atoms with Crippen LogP contribution in [0.15, 0.2) is 96.0 Å². The summed E-state index contributed by atoms with van der Waals surface area (Å²) in [5, 5.41) is 13.7. The number of pyridine rings is 1. The van der Waals surface area contributed by atoms with Crippen molar-refractivity contribution in [2.75, 3.05) is 24.7 Å². The highest BCUT2D eigenvalue weighted by atomic mass is 32.2. The largest absolute Gasteiger partial charge is 0.378 e. The summed E-state index contributed by atoms with van der Waals surface area (Å²) in [7, 11) is 3.99. The summed E-state index contributed by atoms with van der Waals surface area (Å²) in [6.07, 6.45) is 0. The molecule has 6 heteroatoms. The van der Waals surface area contributed by atoms with E-state index in [9.17, 15) is 10.1 Å². The first-order valence-electron chi connectivity index (χ1n) is 11.7. The molecule has 180 valence electrons. The van der Waals surface area contributed by atoms with E-state index < -0.39 is 0 Å². The van der Waals surface area contributed by atoms with Gasteiger partial charge in [0.05, 0.1) is 23.1 Å². The Kier molecular flexibility index (Phi) is 8.04. The van der Waals surface area contributed by atoms with Crippen LogP contribution in [0.25, 0.3) is 22.4 Å². The molecular formula is C30H28N4OS. The zero-order valence-electron chi connectivity index (χ0n) is 20.6. The minimum Gasteiger partial charge on any atom is -0.378 e. The molecule has 1 atom stereocenters. The Morgan fingerprint density at radius 2 is 1.61 bits per heavy atom. The lowest BCUT2D eigenvalue weighted by Gasteiger charge is -2.16. The highest BCUT2D eigenvalue weighted by molar-refractivity contribution is 8.00. The minimum atomic E-state index is -0.107. The summed E-state index contributed by atoms with van der Waals surface area (Å²) in [6, 6.07) is 32.0. The van der Waals surface area contributed by atoms with Gasteiger partial charge in [0.25, 0.3) is 0 Å². The second-order valence-electron chi connectivity index (χ2n) is 8.64. The average Bonchev–Trinajstić information content (AvgIpc) is 2.92. The molecule has 0 aliphatic rings. The number of nitrogens with zero attached hydrogens (tertiary/aromatic N) is 3. The Hall–Kier alpha value is -4.08. The summed E-state index contributed by atoms with van der Waals surface area (Å²) in [4.78, 5) is 19.6. The number of amides is 1. The maximum absolute atomic E-state index is 12.8. The Labute approximate surface area is 216 Å². The Balaban J connectivity index is 1.65. The highest BCUT2D eigenvalue weighted by Gasteiger charge is 2.18. The molecule has 1 N–H and O–H groups in total. The van der Waals surface area contributed by atoms with Gasteiger partial charge in [0.1, 0.15) is 11.1 Å². The SMILES string of the molecule is C[C@@H](NC(=O)CSc1nc(-c2ccccc2)cc(-c2ccc(N(C)C)cc2)c1C#N)c1ccccc1. The molecule has 36 heavy (non-hydrogen) atoms. The number of rotatable bonds is 8. The fourth-order valence-electron chi connectivity index (χ4n) is 3.90. The number of carbonyl (C=O) groups excluding carboxylic acids is 1. The van der Waals surface area contributed by atoms with Crippen molar-refractivity contribution < 1.29 is 4.79 Å². The van der Waals surface area contributed by atoms with Gasteiger partial charge in [0, 0.05) is 30.9 Å². The normalized spacial score (nSPS) is 11.4. The quantitative estimate of drug-likeness (QED) is 0.291. The van der Waals surface area contributed by atoms with Gasteiger partial charge in [0.15, 0.2) is 0 Å². The molecule has 0 aliphatic heterocycles. The van der Waals surface area contributed by atoms with Crippen molar-refractivity contribution in [1.29, 1.82) is 5.26 Å². The number of aromatic nitrogens is 1. The van der Waals surface area contributed by atoms with Crippen molar-refractivity contribution in [1.82, 2.24) is 10.3 Å². The third kappa shape index (κ3) is 5.94. The van der Waals surface area contributed by atoms with E-state index >= 15 is 0 Å². The van der Waals surface area contributed by atoms with Crippen molar-refractivity contribution in [2.24, 2.45) is 0 Å². The van der Waals surface area contributed by atoms with Crippen LogP contribution in [0.2, 0.25) is 0 Å². The highest BCUT2D eigenvalue weighted by Crippen LogP contribution is 2.35. The third-order valence-electron chi connectivity index (χ3n) is 5.88. The number of carbonyl (C=O) groups is 1. The molecule has 0 saturated carbocycles. The van der Waals surface area contributed by atoms with Crippen molar-refractivity contribution in [3.05, 3.63) is 102 Å². The summed E-state index contributed by atoms with van der Waals surface area (Å²) in [5.41, 5.74) is 6.05. The fraction of sp³-hybridized carbons (Fsp3) is 0.167. The van der Waals surface area contributed by atoms with Crippen molar-refractivity contribution in [3.63, 3.8) is 0 Å². The van der Waals surface area contributed by atoms with Crippen LogP contribution < -0.4 is 10.2 Å². The summed E-state index contributed by atoms with van der Waals surface area (Å²) >= 11 is 1.29. The van der Waals surface area contributed by atoms with E-state index in [1.54, 1.807) is 0 Å². The van der Waals surface area contributed by atoms with Crippen molar-refractivity contribution in [3.8, 4) is 28.5 Å². The van der Waals surface area contributed by atoms with E-state index in [0.717, 1.165) is 33.6 Å². The van der Waals surface area contributed by atoms with E-state index in [0.29, 0.717) is 10.6 Å². The van der Waals surface area contributed by atoms with E-state index in [4.69, 9.17) is 4.98 Å². The number of nitrogens with one attached hydrogen (secondary N) is 1. The number of hydrogen-bond donors (Lipinski definition) is 1. The van der Waals surface area contributed by atoms with Gasteiger partial charge in [-0.15, -0.1) is 0 Å². The molecule has 3 aromatic carbocycles. The second kappa shape index (κ2) is 11.6. The van der Waals surface area contributed by atoms with Crippen LogP contribution in [0.1, 0.15) is 24.1 Å². The standard InChI is InChI=1S/C30H28N4OS/c1-21(22-10-6-4-7-11-22)32-29(35)20-36-30-27(19-31)26(23-14-16-25(17-15-23)34(2)3)18-28(33-30)24-12-8-5-9-13-24/h4-18,21H,20H2,1-3H3,(H,32,35)/t21-/m1/s1. The van der Waals surface area contributed by atoms with Crippen LogP contribution in [0.5, 0.6) is 0 Å². The lowest BCUT2D eigenvalue weighted by molar-refractivity contribution is -0.119. The number of nitriles is 1. The summed E-state index contributed by atoms with van der Waals surface area (Å²) < 4.78 is 0. The van der Waals surface area contributed by atoms with Gasteiger partial charge in [-0.3, -0.25) is 4.79 Å². The molecule has 0 spiro atoms. The molecule has 1 heterocycles. The van der Waals surface area contributed by atoms with E-state index in [-0.39, 0.29) is 17.7 Å². The van der Waals surface area contributed by atoms with Gasteiger partial charge in [-0.2, -0.15) is 5.26 Å². The minimum absolute atomic E-state index is 0.107. The fourth-order valence-corrected chi connectivity index (χ4v) is 4.71. The molecule has 1 aromatic heterocycles. The smallest absolute Gasteiger partial charge is 0.230 e. The molecule has 0 saturated heterocycles. The van der Waals surface area contributed by atoms with Crippen LogP contribution in [-0.4, -0.2) is 30.7 Å². The van der Waals surface area contributed by atoms with Crippen LogP contribution >= 0.6 is 11.8 Å². The van der Waals surface area contributed by atoms with Gasteiger partial charge in [-0.05, 0) is 36.2 Å². The molecule has 4 rings (SSSR count). The monoisotopic (exact) mass is 492 g/mol. The van der Waals surface area contributed by atoms with E-state index in [1.807, 2.05) is 117 Å². The van der Waals surface area contributed by atoms with Crippen LogP contribution in [0, 0.1) is 11.3 Å². The maximum atomic E-state index is 12.8. The number of hydrogen-bond acceptors (Lipinski definition) is 5. The Morgan fingerprint density at radius 3 is 2.22 bits per heavy atom. The molecule has 0 unspecified atom stereocenters. The average molecular weight is 493 g/mol. The Morgan fingerprint density at radius 1 is 0.972 bits per heavy atom. The predicted molar refractivity (Wildman–Crippen MR) is 148 cm³/mol. The van der Waals surface area contributed by atoms with E-state index in [1.165, 1.54) is 11.8 Å². The first kappa shape index (κ1) is 25.0. The van der Waals surface area contributed by atoms with Crippen LogP contribution in [0.3, 0.4) is 0 Å². The molecule has 0 fully saturated rings. The van der Waals surface area contributed by atoms with E-state index in [2.05, 4.69) is 11.4 Å². The van der Waals surface area contributed by atoms with Gasteiger partial charge in [0.2, 0.25) is 5.91 Å². The first-order chi connectivity index (χ1) is 17.5. The molecule has 0 bridgehead atoms. The van der Waals surface area contributed by atoms with Crippen LogP contribution in [0.4, 0.5) is 5.69 Å². The predicted octanol–water partition coefficient (Wildman–Crippen LogP) is 6.32. The first-order valence-corrected chi connectivity index (χ1v) is 12.7.